The number of rotatable bonds is 0. The fraction of sp³-hybridized carbons (Fsp3) is 0.143. The molecule has 10 heavy (non-hydrogen) atoms. The summed E-state index contributed by atoms with van der Waals surface area (Å²) in [4.78, 5) is 0. The Morgan fingerprint density at radius 1 is 1.40 bits per heavy atom. The van der Waals surface area contributed by atoms with Gasteiger partial charge in [-0.1, -0.05) is 0 Å². The number of benzene rings is 1. The molecule has 1 heterocycles. The van der Waals surface area contributed by atoms with Crippen molar-refractivity contribution in [3.63, 3.8) is 0 Å². The van der Waals surface area contributed by atoms with Crippen molar-refractivity contribution in [3.05, 3.63) is 23.8 Å². The van der Waals surface area contributed by atoms with E-state index in [4.69, 9.17) is 0 Å². The summed E-state index contributed by atoms with van der Waals surface area (Å²) in [6.45, 7) is 2.07. The molecule has 1 aromatic carbocycles. The zero-order chi connectivity index (χ0) is 6.97. The molecule has 0 N–H and O–H groups in total. The summed E-state index contributed by atoms with van der Waals surface area (Å²) in [7, 11) is 0. The zero-order valence-corrected chi connectivity index (χ0v) is 7.25. The second-order valence-corrected chi connectivity index (χ2v) is 3.84. The van der Waals surface area contributed by atoms with Crippen molar-refractivity contribution in [2.45, 2.75) is 6.92 Å². The van der Waals surface area contributed by atoms with Crippen LogP contribution in [0, 0.1) is 6.92 Å². The van der Waals surface area contributed by atoms with E-state index in [-0.39, 0.29) is 14.7 Å². The predicted molar refractivity (Wildman–Crippen MR) is 41.2 cm³/mol. The first-order chi connectivity index (χ1) is 4.88. The zero-order valence-electron chi connectivity index (χ0n) is 5.53. The molecule has 50 valence electrons. The fourth-order valence-electron chi connectivity index (χ4n) is 0.939. The second-order valence-electron chi connectivity index (χ2n) is 2.19. The van der Waals surface area contributed by atoms with Gasteiger partial charge in [-0.2, -0.15) is 0 Å². The Balaban J connectivity index is 2.95. The molecule has 0 saturated heterocycles. The van der Waals surface area contributed by atoms with Crippen molar-refractivity contribution in [1.82, 2.24) is 9.19 Å². The van der Waals surface area contributed by atoms with E-state index < -0.39 is 0 Å². The fourth-order valence-corrected chi connectivity index (χ4v) is 2.28. The van der Waals surface area contributed by atoms with Crippen LogP contribution >= 0.6 is 0 Å². The molecule has 2 rings (SSSR count). The van der Waals surface area contributed by atoms with E-state index in [9.17, 15) is 0 Å². The molecule has 3 heteroatoms. The van der Waals surface area contributed by atoms with Crippen LogP contribution < -0.4 is 0 Å². The van der Waals surface area contributed by atoms with Gasteiger partial charge in [0.1, 0.15) is 0 Å². The van der Waals surface area contributed by atoms with Crippen LogP contribution in [0.3, 0.4) is 0 Å². The van der Waals surface area contributed by atoms with Crippen LogP contribution in [0.4, 0.5) is 0 Å². The molecule has 0 atom stereocenters. The summed E-state index contributed by atoms with van der Waals surface area (Å²) in [5.74, 6) is 0. The third-order valence-electron chi connectivity index (χ3n) is 1.48. The number of hydrogen-bond acceptors (Lipinski definition) is 2. The van der Waals surface area contributed by atoms with E-state index in [2.05, 4.69) is 34.3 Å². The maximum absolute atomic E-state index is 4.05. The van der Waals surface area contributed by atoms with Gasteiger partial charge in [0.25, 0.3) is 0 Å². The molecule has 0 bridgehead atoms. The first-order valence-electron chi connectivity index (χ1n) is 3.05. The third kappa shape index (κ3) is 0.789. The Hall–Kier alpha value is -0.661. The number of nitrogens with zero attached hydrogens (tertiary/aromatic N) is 2. The van der Waals surface area contributed by atoms with Crippen molar-refractivity contribution < 1.29 is 0 Å². The molecular weight excluding hydrogens is 191 g/mol. The van der Waals surface area contributed by atoms with Crippen LogP contribution in [-0.2, 0) is 0 Å². The van der Waals surface area contributed by atoms with Gasteiger partial charge in [-0.3, -0.25) is 0 Å². The minimum atomic E-state index is 0.251. The number of fused-ring (bicyclic) bond motifs is 1. The van der Waals surface area contributed by atoms with Gasteiger partial charge in [0.2, 0.25) is 0 Å². The quantitative estimate of drug-likeness (QED) is 0.588. The number of aryl methyl sites for hydroxylation is 1. The molecule has 0 aliphatic heterocycles. The van der Waals surface area contributed by atoms with Crippen molar-refractivity contribution >= 4 is 24.5 Å². The molecule has 2 nitrogen and oxygen atoms in total. The Kier molecular flexibility index (Phi) is 1.33. The number of aromatic nitrogens is 2. The van der Waals surface area contributed by atoms with Crippen LogP contribution in [0.15, 0.2) is 18.2 Å². The van der Waals surface area contributed by atoms with Gasteiger partial charge in [-0.15, -0.1) is 0 Å². The minimum absolute atomic E-state index is 0.251. The van der Waals surface area contributed by atoms with Crippen LogP contribution in [-0.4, -0.2) is 23.9 Å². The molecule has 0 unspecified atom stereocenters. The van der Waals surface area contributed by atoms with Crippen LogP contribution in [0.2, 0.25) is 0 Å². The molecule has 0 fully saturated rings. The summed E-state index contributed by atoms with van der Waals surface area (Å²) in [6.07, 6.45) is 0. The first kappa shape index (κ1) is 6.08. The molecule has 0 radical (unpaired) electrons. The summed E-state index contributed by atoms with van der Waals surface area (Å²) in [5.41, 5.74) is 2.34. The molecule has 0 spiro atoms. The van der Waals surface area contributed by atoms with E-state index in [1.54, 1.807) is 0 Å². The van der Waals surface area contributed by atoms with Gasteiger partial charge >= 0.3 is 64.4 Å². The van der Waals surface area contributed by atoms with Crippen molar-refractivity contribution in [2.24, 2.45) is 0 Å². The second kappa shape index (κ2) is 2.18. The number of hydrogen-bond donors (Lipinski definition) is 0. The standard InChI is InChI=1S/C7H6N2Se/c1-5-3-2-4-6-7(5)8-9-10-6/h2-4H,1H3. The van der Waals surface area contributed by atoms with Crippen LogP contribution in [0.5, 0.6) is 0 Å². The van der Waals surface area contributed by atoms with Crippen molar-refractivity contribution in [3.8, 4) is 0 Å². The summed E-state index contributed by atoms with van der Waals surface area (Å²) in [6, 6.07) is 6.23. The van der Waals surface area contributed by atoms with Gasteiger partial charge in [-0.25, -0.2) is 0 Å². The van der Waals surface area contributed by atoms with E-state index in [0.29, 0.717) is 0 Å². The van der Waals surface area contributed by atoms with Gasteiger partial charge in [0, 0.05) is 0 Å². The van der Waals surface area contributed by atoms with Crippen molar-refractivity contribution in [2.75, 3.05) is 0 Å². The summed E-state index contributed by atoms with van der Waals surface area (Å²) < 4.78 is 5.31. The Morgan fingerprint density at radius 3 is 3.10 bits per heavy atom. The SMILES string of the molecule is Cc1cccc2[se]nnc12. The topological polar surface area (TPSA) is 25.8 Å². The van der Waals surface area contributed by atoms with Gasteiger partial charge in [0.15, 0.2) is 0 Å². The maximum atomic E-state index is 4.05. The van der Waals surface area contributed by atoms with Gasteiger partial charge in [0.05, 0.1) is 0 Å². The van der Waals surface area contributed by atoms with Crippen LogP contribution in [0.1, 0.15) is 5.56 Å². The molecule has 0 saturated carbocycles. The molecule has 0 amide bonds. The molecule has 0 aliphatic rings. The van der Waals surface area contributed by atoms with E-state index in [0.717, 1.165) is 5.52 Å². The monoisotopic (exact) mass is 198 g/mol. The average Bonchev–Trinajstić information content (AvgIpc) is 2.36. The normalized spacial score (nSPS) is 10.5. The Morgan fingerprint density at radius 2 is 2.30 bits per heavy atom. The van der Waals surface area contributed by atoms with Crippen LogP contribution in [0.25, 0.3) is 9.78 Å². The first-order valence-corrected chi connectivity index (χ1v) is 4.68. The predicted octanol–water partition coefficient (Wildman–Crippen LogP) is 0.995. The average molecular weight is 197 g/mol. The molecule has 0 aliphatic carbocycles. The third-order valence-corrected chi connectivity index (χ3v) is 2.93. The summed E-state index contributed by atoms with van der Waals surface area (Å²) >= 11 is 0.251. The molecule has 1 aromatic heterocycles. The molecular formula is C7H6N2Se. The van der Waals surface area contributed by atoms with Gasteiger partial charge in [-0.05, 0) is 0 Å². The van der Waals surface area contributed by atoms with Gasteiger partial charge < -0.3 is 0 Å². The molecule has 2 aromatic rings. The van der Waals surface area contributed by atoms with E-state index in [1.807, 2.05) is 0 Å². The van der Waals surface area contributed by atoms with E-state index >= 15 is 0 Å². The Labute approximate surface area is 64.9 Å². The van der Waals surface area contributed by atoms with Crippen molar-refractivity contribution in [1.29, 1.82) is 0 Å². The Bertz CT molecular complexity index is 353. The van der Waals surface area contributed by atoms with E-state index in [1.165, 1.54) is 9.82 Å². The summed E-state index contributed by atoms with van der Waals surface area (Å²) in [5, 5.41) is 4.05.